The van der Waals surface area contributed by atoms with Gasteiger partial charge in [0.1, 0.15) is 30.5 Å². The van der Waals surface area contributed by atoms with Gasteiger partial charge < -0.3 is 30.9 Å². The van der Waals surface area contributed by atoms with E-state index in [0.29, 0.717) is 24.3 Å². The van der Waals surface area contributed by atoms with E-state index in [0.717, 1.165) is 22.4 Å². The Labute approximate surface area is 176 Å². The topological polar surface area (TPSA) is 116 Å². The minimum atomic E-state index is -1.40. The monoisotopic (exact) mass is 413 g/mol. The maximum absolute atomic E-state index is 10.5. The Morgan fingerprint density at radius 3 is 2.20 bits per heavy atom. The van der Waals surface area contributed by atoms with E-state index in [-0.39, 0.29) is 0 Å². The number of hydrogen-bond acceptors (Lipinski definition) is 6. The van der Waals surface area contributed by atoms with E-state index in [1.807, 2.05) is 19.1 Å². The largest absolute Gasteiger partial charge is 0.398 e. The van der Waals surface area contributed by atoms with Crippen LogP contribution >= 0.6 is 0 Å². The third-order valence-corrected chi connectivity index (χ3v) is 6.40. The fraction of sp³-hybridized carbons (Fsp3) is 0.500. The second kappa shape index (κ2) is 8.65. The average molecular weight is 414 g/mol. The van der Waals surface area contributed by atoms with Crippen LogP contribution in [0.5, 0.6) is 0 Å². The van der Waals surface area contributed by atoms with E-state index >= 15 is 0 Å². The summed E-state index contributed by atoms with van der Waals surface area (Å²) in [5, 5.41) is 40.3. The lowest BCUT2D eigenvalue weighted by molar-refractivity contribution is -0.231. The first-order valence-corrected chi connectivity index (χ1v) is 10.7. The zero-order valence-corrected chi connectivity index (χ0v) is 17.2. The lowest BCUT2D eigenvalue weighted by Crippen LogP contribution is -2.55. The molecule has 1 aliphatic heterocycles. The van der Waals surface area contributed by atoms with Crippen LogP contribution in [0.4, 0.5) is 5.69 Å². The van der Waals surface area contributed by atoms with Gasteiger partial charge >= 0.3 is 0 Å². The molecule has 2 aromatic carbocycles. The zero-order valence-electron chi connectivity index (χ0n) is 17.2. The molecule has 1 saturated carbocycles. The number of ether oxygens (including phenoxy) is 1. The van der Waals surface area contributed by atoms with Crippen LogP contribution in [0.1, 0.15) is 59.6 Å². The highest BCUT2D eigenvalue weighted by Crippen LogP contribution is 2.40. The van der Waals surface area contributed by atoms with Gasteiger partial charge in [-0.25, -0.2) is 0 Å². The van der Waals surface area contributed by atoms with Crippen molar-refractivity contribution in [3.63, 3.8) is 0 Å². The normalized spacial score (nSPS) is 29.2. The van der Waals surface area contributed by atoms with Crippen LogP contribution < -0.4 is 5.73 Å². The Bertz CT molecular complexity index is 878. The summed E-state index contributed by atoms with van der Waals surface area (Å²) in [4.78, 5) is 0. The van der Waals surface area contributed by atoms with Crippen LogP contribution in [0.3, 0.4) is 0 Å². The van der Waals surface area contributed by atoms with Crippen molar-refractivity contribution in [3.05, 3.63) is 64.2 Å². The molecule has 30 heavy (non-hydrogen) atoms. The van der Waals surface area contributed by atoms with Crippen LogP contribution in [0, 0.1) is 0 Å². The quantitative estimate of drug-likeness (QED) is 0.461. The summed E-state index contributed by atoms with van der Waals surface area (Å²) in [6, 6.07) is 12.4. The van der Waals surface area contributed by atoms with Gasteiger partial charge in [-0.05, 0) is 59.4 Å². The van der Waals surface area contributed by atoms with Crippen molar-refractivity contribution in [2.45, 2.75) is 69.0 Å². The molecule has 1 aliphatic carbocycles. The molecule has 4 rings (SSSR count). The molecule has 1 saturated heterocycles. The Morgan fingerprint density at radius 1 is 0.933 bits per heavy atom. The van der Waals surface area contributed by atoms with Gasteiger partial charge in [0.2, 0.25) is 0 Å². The SMILES string of the molecule is CCc1cc([C@@H]2O[C@H](CO)[C@@H](O)C(O)[C@H]2O)cc(Cc2ccc(C3CC3)cc2)c1N. The first kappa shape index (κ1) is 21.3. The Morgan fingerprint density at radius 2 is 1.60 bits per heavy atom. The fourth-order valence-electron chi connectivity index (χ4n) is 4.33. The molecule has 2 fully saturated rings. The molecular formula is C24H31NO5. The van der Waals surface area contributed by atoms with Crippen molar-refractivity contribution >= 4 is 5.69 Å². The lowest BCUT2D eigenvalue weighted by Gasteiger charge is -2.40. The number of aryl methyl sites for hydroxylation is 1. The van der Waals surface area contributed by atoms with Gasteiger partial charge in [0.15, 0.2) is 0 Å². The smallest absolute Gasteiger partial charge is 0.113 e. The van der Waals surface area contributed by atoms with Gasteiger partial charge in [-0.15, -0.1) is 0 Å². The highest BCUT2D eigenvalue weighted by molar-refractivity contribution is 5.57. The van der Waals surface area contributed by atoms with Crippen molar-refractivity contribution in [2.24, 2.45) is 0 Å². The van der Waals surface area contributed by atoms with Gasteiger partial charge in [-0.2, -0.15) is 0 Å². The standard InChI is InChI=1S/C24H31NO5/c1-2-14-10-18(24-23(29)22(28)21(27)19(12-26)30-24)11-17(20(14)25)9-13-3-5-15(6-4-13)16-7-8-16/h3-6,10-11,16,19,21-24,26-29H,2,7-9,12,25H2,1H3/t19-,21-,22?,23-,24+/m1/s1. The summed E-state index contributed by atoms with van der Waals surface area (Å²) in [7, 11) is 0. The zero-order chi connectivity index (χ0) is 21.4. The Hall–Kier alpha value is -1.96. The van der Waals surface area contributed by atoms with Crippen molar-refractivity contribution in [1.82, 2.24) is 0 Å². The minimum Gasteiger partial charge on any atom is -0.398 e. The number of rotatable bonds is 6. The predicted molar refractivity (Wildman–Crippen MR) is 114 cm³/mol. The van der Waals surface area contributed by atoms with Crippen LogP contribution in [0.2, 0.25) is 0 Å². The fourth-order valence-corrected chi connectivity index (χ4v) is 4.33. The van der Waals surface area contributed by atoms with Crippen LogP contribution in [-0.4, -0.2) is 51.4 Å². The van der Waals surface area contributed by atoms with Gasteiger partial charge in [0.25, 0.3) is 0 Å². The van der Waals surface area contributed by atoms with Gasteiger partial charge in [0, 0.05) is 5.69 Å². The van der Waals surface area contributed by atoms with E-state index in [1.54, 1.807) is 0 Å². The number of aliphatic hydroxyl groups excluding tert-OH is 4. The molecule has 1 heterocycles. The molecule has 0 radical (unpaired) electrons. The van der Waals surface area contributed by atoms with E-state index in [1.165, 1.54) is 18.4 Å². The van der Waals surface area contributed by atoms with E-state index < -0.39 is 37.1 Å². The number of anilines is 1. The van der Waals surface area contributed by atoms with Crippen LogP contribution in [-0.2, 0) is 17.6 Å². The van der Waals surface area contributed by atoms with Gasteiger partial charge in [-0.1, -0.05) is 43.3 Å². The summed E-state index contributed by atoms with van der Waals surface area (Å²) in [5.74, 6) is 0.713. The molecule has 0 spiro atoms. The number of aliphatic hydroxyl groups is 4. The number of benzene rings is 2. The van der Waals surface area contributed by atoms with Crippen LogP contribution in [0.25, 0.3) is 0 Å². The predicted octanol–water partition coefficient (Wildman–Crippen LogP) is 1.81. The van der Waals surface area contributed by atoms with Crippen molar-refractivity contribution < 1.29 is 25.2 Å². The van der Waals surface area contributed by atoms with Crippen molar-refractivity contribution in [3.8, 4) is 0 Å². The average Bonchev–Trinajstić information content (AvgIpc) is 3.60. The maximum Gasteiger partial charge on any atom is 0.113 e. The third-order valence-electron chi connectivity index (χ3n) is 6.40. The summed E-state index contributed by atoms with van der Waals surface area (Å²) >= 11 is 0. The first-order valence-electron chi connectivity index (χ1n) is 10.7. The Balaban J connectivity index is 1.64. The molecular weight excluding hydrogens is 382 g/mol. The molecule has 5 atom stereocenters. The second-order valence-corrected chi connectivity index (χ2v) is 8.55. The number of nitrogens with two attached hydrogens (primary N) is 1. The lowest BCUT2D eigenvalue weighted by atomic mass is 9.88. The molecule has 2 aliphatic rings. The minimum absolute atomic E-state index is 0.447. The molecule has 6 N–H and O–H groups in total. The molecule has 6 nitrogen and oxygen atoms in total. The van der Waals surface area contributed by atoms with Crippen LogP contribution in [0.15, 0.2) is 36.4 Å². The highest BCUT2D eigenvalue weighted by Gasteiger charge is 2.44. The van der Waals surface area contributed by atoms with Crippen molar-refractivity contribution in [1.29, 1.82) is 0 Å². The second-order valence-electron chi connectivity index (χ2n) is 8.55. The summed E-state index contributed by atoms with van der Waals surface area (Å²) in [6.07, 6.45) is -1.97. The van der Waals surface area contributed by atoms with E-state index in [2.05, 4.69) is 24.3 Å². The molecule has 1 unspecified atom stereocenters. The third kappa shape index (κ3) is 4.11. The first-order chi connectivity index (χ1) is 14.4. The molecule has 0 aromatic heterocycles. The maximum atomic E-state index is 10.5. The number of nitrogen functional groups attached to an aromatic ring is 1. The molecule has 0 bridgehead atoms. The molecule has 162 valence electrons. The van der Waals surface area contributed by atoms with E-state index in [4.69, 9.17) is 10.5 Å². The molecule has 0 amide bonds. The van der Waals surface area contributed by atoms with E-state index in [9.17, 15) is 20.4 Å². The summed E-state index contributed by atoms with van der Waals surface area (Å²) < 4.78 is 5.76. The number of hydrogen-bond donors (Lipinski definition) is 5. The summed E-state index contributed by atoms with van der Waals surface area (Å²) in [5.41, 5.74) is 12.2. The van der Waals surface area contributed by atoms with Gasteiger partial charge in [0.05, 0.1) is 6.61 Å². The Kier molecular flexibility index (Phi) is 6.14. The van der Waals surface area contributed by atoms with Crippen molar-refractivity contribution in [2.75, 3.05) is 12.3 Å². The van der Waals surface area contributed by atoms with Gasteiger partial charge in [-0.3, -0.25) is 0 Å². The highest BCUT2D eigenvalue weighted by atomic mass is 16.5. The molecule has 2 aromatic rings. The molecule has 6 heteroatoms. The summed E-state index contributed by atoms with van der Waals surface area (Å²) in [6.45, 7) is 1.56.